The van der Waals surface area contributed by atoms with Crippen LogP contribution in [-0.2, 0) is 36.6 Å². The maximum absolute atomic E-state index is 10.2. The Bertz CT molecular complexity index is 797. The van der Waals surface area contributed by atoms with Gasteiger partial charge in [-0.3, -0.25) is 0 Å². The Balaban J connectivity index is 1.91. The molecule has 1 fully saturated rings. The summed E-state index contributed by atoms with van der Waals surface area (Å²) in [5, 5.41) is 10.2. The number of aliphatic hydroxyl groups is 1. The lowest BCUT2D eigenvalue weighted by Gasteiger charge is -2.49. The topological polar surface area (TPSA) is 66.4 Å². The molecule has 0 radical (unpaired) electrons. The zero-order valence-electron chi connectivity index (χ0n) is 21.3. The molecule has 3 rings (SSSR count). The SMILES string of the molecule is CO[C@H]1O[C@H](CO)[C@@H](OCc2ccccc2)[C@H](O[Si](C)(C)C(C)(C)C)[C@H]1OCc1ccccc1. The largest absolute Gasteiger partial charge is 0.408 e. The van der Waals surface area contributed by atoms with Gasteiger partial charge >= 0.3 is 0 Å². The van der Waals surface area contributed by atoms with Crippen LogP contribution in [0.25, 0.3) is 0 Å². The van der Waals surface area contributed by atoms with E-state index in [1.54, 1.807) is 7.11 Å². The average Bonchev–Trinajstić information content (AvgIpc) is 2.82. The van der Waals surface area contributed by atoms with Gasteiger partial charge in [0.25, 0.3) is 0 Å². The van der Waals surface area contributed by atoms with Crippen molar-refractivity contribution in [3.63, 3.8) is 0 Å². The monoisotopic (exact) mass is 488 g/mol. The van der Waals surface area contributed by atoms with Crippen molar-refractivity contribution >= 4 is 8.32 Å². The van der Waals surface area contributed by atoms with Crippen molar-refractivity contribution < 1.29 is 28.5 Å². The molecule has 1 N–H and O–H groups in total. The fourth-order valence-electron chi connectivity index (χ4n) is 3.78. The Kier molecular flexibility index (Phi) is 9.46. The van der Waals surface area contributed by atoms with Crippen LogP contribution in [0.1, 0.15) is 31.9 Å². The van der Waals surface area contributed by atoms with Crippen molar-refractivity contribution in [2.75, 3.05) is 13.7 Å². The predicted octanol–water partition coefficient (Wildman–Crippen LogP) is 4.91. The summed E-state index contributed by atoms with van der Waals surface area (Å²) in [5.41, 5.74) is 2.09. The second-order valence-electron chi connectivity index (χ2n) is 10.3. The highest BCUT2D eigenvalue weighted by molar-refractivity contribution is 6.74. The Morgan fingerprint density at radius 2 is 1.32 bits per heavy atom. The van der Waals surface area contributed by atoms with E-state index in [9.17, 15) is 5.11 Å². The number of aliphatic hydroxyl groups excluding tert-OH is 1. The van der Waals surface area contributed by atoms with Crippen molar-refractivity contribution in [3.05, 3.63) is 71.8 Å². The third-order valence-corrected chi connectivity index (χ3v) is 11.3. The van der Waals surface area contributed by atoms with Crippen molar-refractivity contribution in [1.29, 1.82) is 0 Å². The van der Waals surface area contributed by atoms with E-state index in [4.69, 9.17) is 23.4 Å². The summed E-state index contributed by atoms with van der Waals surface area (Å²) in [5.74, 6) is 0. The summed E-state index contributed by atoms with van der Waals surface area (Å²) in [6.45, 7) is 11.6. The van der Waals surface area contributed by atoms with Crippen molar-refractivity contribution in [1.82, 2.24) is 0 Å². The maximum Gasteiger partial charge on any atom is 0.192 e. The average molecular weight is 489 g/mol. The molecule has 1 aliphatic rings. The molecule has 0 aromatic heterocycles. The number of hydrogen-bond donors (Lipinski definition) is 1. The van der Waals surface area contributed by atoms with Gasteiger partial charge in [-0.25, -0.2) is 0 Å². The highest BCUT2D eigenvalue weighted by Crippen LogP contribution is 2.40. The molecule has 0 unspecified atom stereocenters. The van der Waals surface area contributed by atoms with Gasteiger partial charge in [0, 0.05) is 7.11 Å². The summed E-state index contributed by atoms with van der Waals surface area (Å²) in [7, 11) is -0.640. The summed E-state index contributed by atoms with van der Waals surface area (Å²) >= 11 is 0. The number of hydrogen-bond acceptors (Lipinski definition) is 6. The molecule has 0 amide bonds. The van der Waals surface area contributed by atoms with Gasteiger partial charge in [0.1, 0.15) is 24.4 Å². The Morgan fingerprint density at radius 1 is 0.824 bits per heavy atom. The van der Waals surface area contributed by atoms with E-state index in [2.05, 4.69) is 33.9 Å². The molecular weight excluding hydrogens is 448 g/mol. The van der Waals surface area contributed by atoms with Gasteiger partial charge in [-0.15, -0.1) is 0 Å². The van der Waals surface area contributed by atoms with E-state index in [-0.39, 0.29) is 11.6 Å². The molecule has 1 heterocycles. The minimum absolute atomic E-state index is 0.0173. The zero-order valence-corrected chi connectivity index (χ0v) is 22.3. The van der Waals surface area contributed by atoms with Gasteiger partial charge in [-0.1, -0.05) is 81.4 Å². The Hall–Kier alpha value is -1.58. The predicted molar refractivity (Wildman–Crippen MR) is 135 cm³/mol. The fourth-order valence-corrected chi connectivity index (χ4v) is 5.08. The molecule has 5 atom stereocenters. The van der Waals surface area contributed by atoms with Crippen LogP contribution in [-0.4, -0.2) is 57.8 Å². The van der Waals surface area contributed by atoms with Crippen LogP contribution < -0.4 is 0 Å². The number of ether oxygens (including phenoxy) is 4. The third-order valence-electron chi connectivity index (χ3n) is 6.81. The molecule has 0 aliphatic carbocycles. The van der Waals surface area contributed by atoms with E-state index in [0.717, 1.165) is 11.1 Å². The second kappa shape index (κ2) is 11.9. The highest BCUT2D eigenvalue weighted by Gasteiger charge is 2.52. The van der Waals surface area contributed by atoms with Gasteiger partial charge < -0.3 is 28.5 Å². The molecule has 2 aromatic rings. The standard InChI is InChI=1S/C27H40O6Si/c1-27(2,3)34(5,6)33-24-23(30-18-20-13-9-7-10-14-20)22(17-28)32-26(29-4)25(24)31-19-21-15-11-8-12-16-21/h7-16,22-26,28H,17-19H2,1-6H3/t22-,23-,24+,25-,26+/m1/s1. The van der Waals surface area contributed by atoms with E-state index >= 15 is 0 Å². The van der Waals surface area contributed by atoms with Gasteiger partial charge in [-0.05, 0) is 29.3 Å². The molecule has 1 saturated heterocycles. The second-order valence-corrected chi connectivity index (χ2v) is 15.1. The van der Waals surface area contributed by atoms with Gasteiger partial charge in [0.15, 0.2) is 14.6 Å². The van der Waals surface area contributed by atoms with Gasteiger partial charge in [0.05, 0.1) is 19.8 Å². The van der Waals surface area contributed by atoms with Crippen LogP contribution >= 0.6 is 0 Å². The first kappa shape index (κ1) is 27.0. The molecule has 6 nitrogen and oxygen atoms in total. The fraction of sp³-hybridized carbons (Fsp3) is 0.556. The third kappa shape index (κ3) is 6.76. The van der Waals surface area contributed by atoms with Crippen LogP contribution in [0.5, 0.6) is 0 Å². The minimum atomic E-state index is -2.23. The minimum Gasteiger partial charge on any atom is -0.408 e. The molecular formula is C27H40O6Si. The quantitative estimate of drug-likeness (QED) is 0.479. The van der Waals surface area contributed by atoms with Gasteiger partial charge in [0.2, 0.25) is 0 Å². The smallest absolute Gasteiger partial charge is 0.192 e. The molecule has 2 aromatic carbocycles. The lowest BCUT2D eigenvalue weighted by atomic mass is 9.98. The van der Waals surface area contributed by atoms with Crippen LogP contribution in [0.15, 0.2) is 60.7 Å². The van der Waals surface area contributed by atoms with Crippen molar-refractivity contribution in [3.8, 4) is 0 Å². The highest BCUT2D eigenvalue weighted by atomic mass is 28.4. The van der Waals surface area contributed by atoms with Crippen LogP contribution in [0.4, 0.5) is 0 Å². The first-order chi connectivity index (χ1) is 16.2. The summed E-state index contributed by atoms with van der Waals surface area (Å²) < 4.78 is 31.5. The lowest BCUT2D eigenvalue weighted by Crippen LogP contribution is -2.64. The van der Waals surface area contributed by atoms with Crippen LogP contribution in [0, 0.1) is 0 Å². The van der Waals surface area contributed by atoms with E-state index in [1.165, 1.54) is 0 Å². The number of rotatable bonds is 10. The molecule has 0 saturated carbocycles. The number of benzene rings is 2. The Labute approximate surface area is 205 Å². The van der Waals surface area contributed by atoms with E-state index in [1.807, 2.05) is 60.7 Å². The van der Waals surface area contributed by atoms with Crippen molar-refractivity contribution in [2.45, 2.75) is 82.8 Å². The van der Waals surface area contributed by atoms with Crippen LogP contribution in [0.2, 0.25) is 18.1 Å². The Morgan fingerprint density at radius 3 is 1.76 bits per heavy atom. The molecule has 0 bridgehead atoms. The molecule has 34 heavy (non-hydrogen) atoms. The summed E-state index contributed by atoms with van der Waals surface area (Å²) in [6, 6.07) is 20.0. The zero-order chi connectivity index (χ0) is 24.8. The maximum atomic E-state index is 10.2. The summed E-state index contributed by atoms with van der Waals surface area (Å²) in [6.07, 6.45) is -2.80. The normalized spacial score (nSPS) is 25.9. The molecule has 1 aliphatic heterocycles. The molecule has 7 heteroatoms. The molecule has 0 spiro atoms. The van der Waals surface area contributed by atoms with E-state index in [0.29, 0.717) is 13.2 Å². The number of methoxy groups -OCH3 is 1. The van der Waals surface area contributed by atoms with E-state index < -0.39 is 39.0 Å². The lowest BCUT2D eigenvalue weighted by molar-refractivity contribution is -0.310. The van der Waals surface area contributed by atoms with Gasteiger partial charge in [-0.2, -0.15) is 0 Å². The van der Waals surface area contributed by atoms with Crippen LogP contribution in [0.3, 0.4) is 0 Å². The first-order valence-corrected chi connectivity index (χ1v) is 14.8. The first-order valence-electron chi connectivity index (χ1n) is 11.9. The summed E-state index contributed by atoms with van der Waals surface area (Å²) in [4.78, 5) is 0. The molecule has 188 valence electrons. The van der Waals surface area contributed by atoms with Crippen molar-refractivity contribution in [2.24, 2.45) is 0 Å².